The number of nitrogens with zero attached hydrogens (tertiary/aromatic N) is 2. The third-order valence-corrected chi connectivity index (χ3v) is 7.33. The van der Waals surface area contributed by atoms with Crippen LogP contribution in [0.1, 0.15) is 68.9 Å². The maximum absolute atomic E-state index is 5.59. The van der Waals surface area contributed by atoms with Gasteiger partial charge in [0.2, 0.25) is 11.8 Å². The summed E-state index contributed by atoms with van der Waals surface area (Å²) in [6, 6.07) is 21.3. The van der Waals surface area contributed by atoms with Crippen molar-refractivity contribution in [3.63, 3.8) is 0 Å². The first-order valence-electron chi connectivity index (χ1n) is 12.6. The molecule has 0 aromatic heterocycles. The van der Waals surface area contributed by atoms with Crippen LogP contribution in [0.2, 0.25) is 0 Å². The van der Waals surface area contributed by atoms with Gasteiger partial charge in [0, 0.05) is 11.1 Å². The summed E-state index contributed by atoms with van der Waals surface area (Å²) >= 11 is 0. The van der Waals surface area contributed by atoms with Crippen molar-refractivity contribution in [2.45, 2.75) is 69.9 Å². The molecule has 0 saturated heterocycles. The van der Waals surface area contributed by atoms with Gasteiger partial charge in [-0.2, -0.15) is 0 Å². The highest BCUT2D eigenvalue weighted by Crippen LogP contribution is 2.37. The van der Waals surface area contributed by atoms with Gasteiger partial charge in [-0.3, -0.25) is 0 Å². The summed E-state index contributed by atoms with van der Waals surface area (Å²) in [4.78, 5) is 9.89. The molecule has 33 heavy (non-hydrogen) atoms. The SMILES string of the molecule is CO/C(=N\C1CCC(CC2CCC(/N=C(\OC)c3ccccc3)CC2)CC1)c1ccccc1. The molecule has 2 fully saturated rings. The highest BCUT2D eigenvalue weighted by Gasteiger charge is 2.27. The summed E-state index contributed by atoms with van der Waals surface area (Å²) in [7, 11) is 3.46. The van der Waals surface area contributed by atoms with Crippen molar-refractivity contribution >= 4 is 11.8 Å². The van der Waals surface area contributed by atoms with Crippen LogP contribution in [-0.2, 0) is 9.47 Å². The molecule has 4 rings (SSSR count). The van der Waals surface area contributed by atoms with Crippen LogP contribution in [0.15, 0.2) is 70.6 Å². The third kappa shape index (κ3) is 6.69. The largest absolute Gasteiger partial charge is 0.481 e. The maximum Gasteiger partial charge on any atom is 0.216 e. The van der Waals surface area contributed by atoms with Gasteiger partial charge in [0.05, 0.1) is 26.3 Å². The van der Waals surface area contributed by atoms with Crippen LogP contribution in [0.4, 0.5) is 0 Å². The van der Waals surface area contributed by atoms with Crippen LogP contribution in [0, 0.1) is 11.8 Å². The predicted molar refractivity (Wildman–Crippen MR) is 136 cm³/mol. The second-order valence-corrected chi connectivity index (χ2v) is 9.59. The Bertz CT molecular complexity index is 818. The number of aliphatic imine (C=N–C) groups is 2. The Kier molecular flexibility index (Phi) is 8.57. The van der Waals surface area contributed by atoms with E-state index in [2.05, 4.69) is 24.3 Å². The highest BCUT2D eigenvalue weighted by molar-refractivity contribution is 5.94. The normalized spacial score (nSPS) is 26.6. The standard InChI is InChI=1S/C29H38N2O2/c1-32-28(24-9-5-3-6-10-24)30-26-17-13-22(14-18-26)21-23-15-19-27(20-16-23)31-29(33-2)25-11-7-4-8-12-25/h3-12,22-23,26-27H,13-21H2,1-2H3/b30-28-,31-29-. The molecule has 2 aromatic carbocycles. The van der Waals surface area contributed by atoms with E-state index in [1.165, 1.54) is 57.8 Å². The molecule has 0 spiro atoms. The monoisotopic (exact) mass is 446 g/mol. The molecular formula is C29H38N2O2. The van der Waals surface area contributed by atoms with Crippen molar-refractivity contribution in [2.24, 2.45) is 21.8 Å². The molecule has 2 saturated carbocycles. The van der Waals surface area contributed by atoms with Gasteiger partial charge in [0.15, 0.2) is 0 Å². The lowest BCUT2D eigenvalue weighted by atomic mass is 9.76. The first kappa shape index (κ1) is 23.5. The molecule has 0 aliphatic heterocycles. The zero-order valence-corrected chi connectivity index (χ0v) is 20.2. The molecule has 176 valence electrons. The van der Waals surface area contributed by atoms with E-state index < -0.39 is 0 Å². The predicted octanol–water partition coefficient (Wildman–Crippen LogP) is 6.68. The van der Waals surface area contributed by atoms with E-state index >= 15 is 0 Å². The Morgan fingerprint density at radius 1 is 0.606 bits per heavy atom. The topological polar surface area (TPSA) is 43.2 Å². The van der Waals surface area contributed by atoms with Crippen molar-refractivity contribution in [1.82, 2.24) is 0 Å². The highest BCUT2D eigenvalue weighted by atomic mass is 16.5. The second-order valence-electron chi connectivity index (χ2n) is 9.59. The molecule has 2 aliphatic carbocycles. The smallest absolute Gasteiger partial charge is 0.216 e. The van der Waals surface area contributed by atoms with Crippen molar-refractivity contribution < 1.29 is 9.47 Å². The van der Waals surface area contributed by atoms with E-state index in [4.69, 9.17) is 19.5 Å². The lowest BCUT2D eigenvalue weighted by Gasteiger charge is -2.32. The minimum Gasteiger partial charge on any atom is -0.481 e. The maximum atomic E-state index is 5.59. The second kappa shape index (κ2) is 12.0. The van der Waals surface area contributed by atoms with Crippen LogP contribution in [-0.4, -0.2) is 38.1 Å². The molecule has 0 bridgehead atoms. The van der Waals surface area contributed by atoms with E-state index in [1.807, 2.05) is 36.4 Å². The number of hydrogen-bond donors (Lipinski definition) is 0. The molecule has 2 aliphatic rings. The number of hydrogen-bond acceptors (Lipinski definition) is 4. The van der Waals surface area contributed by atoms with Gasteiger partial charge >= 0.3 is 0 Å². The summed E-state index contributed by atoms with van der Waals surface area (Å²) in [5.74, 6) is 3.26. The lowest BCUT2D eigenvalue weighted by Crippen LogP contribution is -2.24. The summed E-state index contributed by atoms with van der Waals surface area (Å²) in [5.41, 5.74) is 2.15. The fourth-order valence-electron chi connectivity index (χ4n) is 5.47. The first-order chi connectivity index (χ1) is 16.2. The van der Waals surface area contributed by atoms with Crippen LogP contribution in [0.5, 0.6) is 0 Å². The van der Waals surface area contributed by atoms with Gasteiger partial charge in [-0.1, -0.05) is 36.4 Å². The summed E-state index contributed by atoms with van der Waals surface area (Å²) < 4.78 is 11.2. The fourth-order valence-corrected chi connectivity index (χ4v) is 5.47. The summed E-state index contributed by atoms with van der Waals surface area (Å²) in [6.45, 7) is 0. The number of methoxy groups -OCH3 is 2. The van der Waals surface area contributed by atoms with Crippen molar-refractivity contribution in [1.29, 1.82) is 0 Å². The molecule has 0 atom stereocenters. The molecule has 0 unspecified atom stereocenters. The van der Waals surface area contributed by atoms with Gasteiger partial charge in [-0.05, 0) is 93.9 Å². The van der Waals surface area contributed by atoms with Crippen LogP contribution in [0.25, 0.3) is 0 Å². The molecule has 0 heterocycles. The summed E-state index contributed by atoms with van der Waals surface area (Å²) in [5, 5.41) is 0. The van der Waals surface area contributed by atoms with E-state index in [9.17, 15) is 0 Å². The Morgan fingerprint density at radius 2 is 0.970 bits per heavy atom. The zero-order chi connectivity index (χ0) is 22.9. The van der Waals surface area contributed by atoms with Gasteiger partial charge in [0.25, 0.3) is 0 Å². The average molecular weight is 447 g/mol. The Balaban J connectivity index is 1.23. The van der Waals surface area contributed by atoms with E-state index in [0.717, 1.165) is 34.8 Å². The molecule has 4 heteroatoms. The number of ether oxygens (including phenoxy) is 2. The Labute approximate surface area is 199 Å². The van der Waals surface area contributed by atoms with Crippen molar-refractivity contribution in [3.05, 3.63) is 71.8 Å². The zero-order valence-electron chi connectivity index (χ0n) is 20.2. The number of rotatable bonds is 6. The molecule has 2 aromatic rings. The van der Waals surface area contributed by atoms with Gasteiger partial charge in [-0.25, -0.2) is 9.98 Å². The molecule has 0 radical (unpaired) electrons. The van der Waals surface area contributed by atoms with Gasteiger partial charge in [-0.15, -0.1) is 0 Å². The van der Waals surface area contributed by atoms with Gasteiger partial charge < -0.3 is 9.47 Å². The minimum atomic E-state index is 0.395. The Hall–Kier alpha value is -2.62. The van der Waals surface area contributed by atoms with Crippen LogP contribution >= 0.6 is 0 Å². The van der Waals surface area contributed by atoms with Crippen LogP contribution in [0.3, 0.4) is 0 Å². The van der Waals surface area contributed by atoms with E-state index in [1.54, 1.807) is 14.2 Å². The molecule has 4 nitrogen and oxygen atoms in total. The van der Waals surface area contributed by atoms with E-state index in [-0.39, 0.29) is 0 Å². The van der Waals surface area contributed by atoms with Gasteiger partial charge in [0.1, 0.15) is 0 Å². The Morgan fingerprint density at radius 3 is 1.30 bits per heavy atom. The van der Waals surface area contributed by atoms with Crippen molar-refractivity contribution in [2.75, 3.05) is 14.2 Å². The lowest BCUT2D eigenvalue weighted by molar-refractivity contribution is 0.224. The average Bonchev–Trinajstić information content (AvgIpc) is 2.89. The minimum absolute atomic E-state index is 0.395. The first-order valence-corrected chi connectivity index (χ1v) is 12.6. The van der Waals surface area contributed by atoms with Crippen molar-refractivity contribution in [3.8, 4) is 0 Å². The summed E-state index contributed by atoms with van der Waals surface area (Å²) in [6.07, 6.45) is 11.3. The van der Waals surface area contributed by atoms with Crippen LogP contribution < -0.4 is 0 Å². The number of benzene rings is 2. The molecule has 0 N–H and O–H groups in total. The van der Waals surface area contributed by atoms with E-state index in [0.29, 0.717) is 12.1 Å². The third-order valence-electron chi connectivity index (χ3n) is 7.33. The quantitative estimate of drug-likeness (QED) is 0.367. The molecule has 0 amide bonds. The fraction of sp³-hybridized carbons (Fsp3) is 0.517. The molecular weight excluding hydrogens is 408 g/mol.